The molecule has 2 fully saturated rings. The van der Waals surface area contributed by atoms with Crippen LogP contribution in [0.5, 0.6) is 0 Å². The Balaban J connectivity index is 1.34. The van der Waals surface area contributed by atoms with Gasteiger partial charge in [0.2, 0.25) is 0 Å². The maximum Gasteiger partial charge on any atom is -0.0159 e. The van der Waals surface area contributed by atoms with Gasteiger partial charge in [0, 0.05) is 0 Å². The van der Waals surface area contributed by atoms with Crippen molar-refractivity contribution in [2.24, 2.45) is 23.7 Å². The van der Waals surface area contributed by atoms with Gasteiger partial charge in [0.1, 0.15) is 0 Å². The molecule has 28 heavy (non-hydrogen) atoms. The molecule has 0 spiro atoms. The fraction of sp³-hybridized carbons (Fsp3) is 0.786. The van der Waals surface area contributed by atoms with Crippen molar-refractivity contribution in [2.45, 2.75) is 116 Å². The minimum atomic E-state index is 0.858. The molecular weight excluding hydrogens is 336 g/mol. The predicted octanol–water partition coefficient (Wildman–Crippen LogP) is 8.47. The molecule has 5 unspecified atom stereocenters. The van der Waals surface area contributed by atoms with Gasteiger partial charge < -0.3 is 0 Å². The average Bonchev–Trinajstić information content (AvgIpc) is 2.75. The number of rotatable bonds is 7. The Bertz CT molecular complexity index is 614. The first-order chi connectivity index (χ1) is 13.8. The van der Waals surface area contributed by atoms with Gasteiger partial charge in [0.25, 0.3) is 0 Å². The molecule has 156 valence electrons. The van der Waals surface area contributed by atoms with Gasteiger partial charge in [-0.3, -0.25) is 0 Å². The quantitative estimate of drug-likeness (QED) is 0.445. The average molecular weight is 381 g/mol. The third-order valence-electron chi connectivity index (χ3n) is 8.69. The van der Waals surface area contributed by atoms with Crippen molar-refractivity contribution < 1.29 is 0 Å². The number of fused-ring (bicyclic) bond motifs is 2. The van der Waals surface area contributed by atoms with E-state index >= 15 is 0 Å². The molecule has 0 heterocycles. The lowest BCUT2D eigenvalue weighted by Gasteiger charge is -2.42. The van der Waals surface area contributed by atoms with E-state index in [-0.39, 0.29) is 0 Å². The summed E-state index contributed by atoms with van der Waals surface area (Å²) < 4.78 is 0. The Morgan fingerprint density at radius 1 is 0.750 bits per heavy atom. The second-order valence-corrected chi connectivity index (χ2v) is 10.6. The highest BCUT2D eigenvalue weighted by atomic mass is 14.4. The number of hydrogen-bond acceptors (Lipinski definition) is 0. The van der Waals surface area contributed by atoms with Gasteiger partial charge in [0.05, 0.1) is 0 Å². The summed E-state index contributed by atoms with van der Waals surface area (Å²) >= 11 is 0. The summed E-state index contributed by atoms with van der Waals surface area (Å²) in [7, 11) is 0. The second-order valence-electron chi connectivity index (χ2n) is 10.6. The molecule has 2 saturated carbocycles. The standard InChI is InChI=1S/C28H44/c1-3-5-7-21-9-11-25-19-27(15-13-23(25)17-21)28-16-14-24-18-22(8-6-4-2)10-12-26(24)20-28/h13,15,19,21-22,24,26,28H,3-12,14,16-18,20H2,1-2H3. The lowest BCUT2D eigenvalue weighted by molar-refractivity contribution is 0.113. The molecule has 0 saturated heterocycles. The SMILES string of the molecule is CCCCC1CCc2cc(C3CCC4CC(CCCC)CCC4C3)ccc2C1. The van der Waals surface area contributed by atoms with Crippen molar-refractivity contribution in [1.29, 1.82) is 0 Å². The molecule has 0 bridgehead atoms. The van der Waals surface area contributed by atoms with E-state index in [1.807, 2.05) is 0 Å². The Morgan fingerprint density at radius 3 is 2.32 bits per heavy atom. The van der Waals surface area contributed by atoms with Crippen LogP contribution < -0.4 is 0 Å². The van der Waals surface area contributed by atoms with Gasteiger partial charge in [-0.15, -0.1) is 0 Å². The van der Waals surface area contributed by atoms with Crippen molar-refractivity contribution >= 4 is 0 Å². The summed E-state index contributed by atoms with van der Waals surface area (Å²) in [5.41, 5.74) is 5.08. The fourth-order valence-electron chi connectivity index (χ4n) is 6.89. The second kappa shape index (κ2) is 9.82. The smallest absolute Gasteiger partial charge is 0.0159 e. The zero-order valence-electron chi connectivity index (χ0n) is 18.7. The minimum Gasteiger partial charge on any atom is -0.0654 e. The topological polar surface area (TPSA) is 0 Å². The lowest BCUT2D eigenvalue weighted by atomic mass is 9.63. The molecule has 0 heteroatoms. The van der Waals surface area contributed by atoms with E-state index < -0.39 is 0 Å². The zero-order chi connectivity index (χ0) is 19.3. The highest BCUT2D eigenvalue weighted by Crippen LogP contribution is 2.48. The van der Waals surface area contributed by atoms with Crippen LogP contribution in [0.25, 0.3) is 0 Å². The van der Waals surface area contributed by atoms with Gasteiger partial charge in [0.15, 0.2) is 0 Å². The van der Waals surface area contributed by atoms with Gasteiger partial charge >= 0.3 is 0 Å². The molecular formula is C28H44. The van der Waals surface area contributed by atoms with Crippen molar-refractivity contribution in [2.75, 3.05) is 0 Å². The molecule has 0 aliphatic heterocycles. The van der Waals surface area contributed by atoms with Crippen LogP contribution in [0.2, 0.25) is 0 Å². The van der Waals surface area contributed by atoms with Crippen LogP contribution >= 0.6 is 0 Å². The van der Waals surface area contributed by atoms with Gasteiger partial charge in [-0.1, -0.05) is 77.0 Å². The first-order valence-corrected chi connectivity index (χ1v) is 12.9. The number of hydrogen-bond donors (Lipinski definition) is 0. The van der Waals surface area contributed by atoms with E-state index in [1.54, 1.807) is 23.1 Å². The zero-order valence-corrected chi connectivity index (χ0v) is 18.7. The van der Waals surface area contributed by atoms with Crippen LogP contribution in [0.3, 0.4) is 0 Å². The van der Waals surface area contributed by atoms with E-state index in [9.17, 15) is 0 Å². The summed E-state index contributed by atoms with van der Waals surface area (Å²) in [4.78, 5) is 0. The predicted molar refractivity (Wildman–Crippen MR) is 122 cm³/mol. The molecule has 1 aromatic carbocycles. The largest absolute Gasteiger partial charge is 0.0654 e. The van der Waals surface area contributed by atoms with Crippen LogP contribution in [0.4, 0.5) is 0 Å². The Morgan fingerprint density at radius 2 is 1.50 bits per heavy atom. The molecule has 0 aromatic heterocycles. The van der Waals surface area contributed by atoms with Crippen LogP contribution in [0, 0.1) is 23.7 Å². The first kappa shape index (κ1) is 20.5. The minimum absolute atomic E-state index is 0.858. The third kappa shape index (κ3) is 4.85. The molecule has 5 atom stereocenters. The van der Waals surface area contributed by atoms with E-state index in [2.05, 4.69) is 32.0 Å². The summed E-state index contributed by atoms with van der Waals surface area (Å²) in [6.07, 6.45) is 21.8. The molecule has 3 aliphatic rings. The molecule has 3 aliphatic carbocycles. The summed E-state index contributed by atoms with van der Waals surface area (Å²) in [5.74, 6) is 4.96. The van der Waals surface area contributed by atoms with Gasteiger partial charge in [-0.05, 0) is 97.6 Å². The summed E-state index contributed by atoms with van der Waals surface area (Å²) in [5, 5.41) is 0. The van der Waals surface area contributed by atoms with E-state index in [4.69, 9.17) is 0 Å². The Labute approximate surface area is 174 Å². The molecule has 0 amide bonds. The normalized spacial score (nSPS) is 32.6. The van der Waals surface area contributed by atoms with Crippen LogP contribution in [-0.4, -0.2) is 0 Å². The van der Waals surface area contributed by atoms with E-state index in [1.165, 1.54) is 89.9 Å². The maximum atomic E-state index is 2.64. The van der Waals surface area contributed by atoms with Gasteiger partial charge in [-0.25, -0.2) is 0 Å². The van der Waals surface area contributed by atoms with Crippen molar-refractivity contribution in [3.8, 4) is 0 Å². The molecule has 0 N–H and O–H groups in total. The molecule has 4 rings (SSSR count). The summed E-state index contributed by atoms with van der Waals surface area (Å²) in [6.45, 7) is 4.68. The number of benzene rings is 1. The van der Waals surface area contributed by atoms with Crippen molar-refractivity contribution in [3.05, 3.63) is 34.9 Å². The highest BCUT2D eigenvalue weighted by Gasteiger charge is 2.36. The van der Waals surface area contributed by atoms with Crippen molar-refractivity contribution in [1.82, 2.24) is 0 Å². The fourth-order valence-corrected chi connectivity index (χ4v) is 6.89. The monoisotopic (exact) mass is 380 g/mol. The maximum absolute atomic E-state index is 2.64. The first-order valence-electron chi connectivity index (χ1n) is 12.9. The van der Waals surface area contributed by atoms with Crippen LogP contribution in [-0.2, 0) is 12.8 Å². The van der Waals surface area contributed by atoms with Crippen molar-refractivity contribution in [3.63, 3.8) is 0 Å². The molecule has 0 nitrogen and oxygen atoms in total. The molecule has 1 aromatic rings. The van der Waals surface area contributed by atoms with Crippen LogP contribution in [0.15, 0.2) is 18.2 Å². The number of unbranched alkanes of at least 4 members (excludes halogenated alkanes) is 2. The highest BCUT2D eigenvalue weighted by molar-refractivity contribution is 5.36. The Kier molecular flexibility index (Phi) is 7.18. The third-order valence-corrected chi connectivity index (χ3v) is 8.69. The Hall–Kier alpha value is -0.780. The lowest BCUT2D eigenvalue weighted by Crippen LogP contribution is -2.30. The number of aryl methyl sites for hydroxylation is 1. The molecule has 0 radical (unpaired) electrons. The summed E-state index contributed by atoms with van der Waals surface area (Å²) in [6, 6.07) is 7.69. The van der Waals surface area contributed by atoms with Gasteiger partial charge in [-0.2, -0.15) is 0 Å². The van der Waals surface area contributed by atoms with E-state index in [0.717, 1.165) is 29.6 Å². The van der Waals surface area contributed by atoms with Crippen LogP contribution in [0.1, 0.15) is 120 Å². The van der Waals surface area contributed by atoms with E-state index in [0.29, 0.717) is 0 Å².